The van der Waals surface area contributed by atoms with Crippen molar-refractivity contribution in [3.8, 4) is 0 Å². The second-order valence-corrected chi connectivity index (χ2v) is 6.05. The largest absolute Gasteiger partial charge is 0.345 e. The fraction of sp³-hybridized carbons (Fsp3) is 0.167. The van der Waals surface area contributed by atoms with Crippen LogP contribution in [0.25, 0.3) is 0 Å². The Morgan fingerprint density at radius 3 is 2.31 bits per heavy atom. The van der Waals surface area contributed by atoms with Crippen molar-refractivity contribution in [2.45, 2.75) is 6.54 Å². The number of nitro benzene ring substituents is 1. The summed E-state index contributed by atoms with van der Waals surface area (Å²) in [6.45, 7) is -0.0278. The Hall–Kier alpha value is -3.55. The minimum Gasteiger partial charge on any atom is -0.345 e. The van der Waals surface area contributed by atoms with Crippen LogP contribution in [0.1, 0.15) is 36.6 Å². The van der Waals surface area contributed by atoms with Crippen LogP contribution in [0.5, 0.6) is 0 Å². The molecular formula is C18H15N3O5. The minimum absolute atomic E-state index is 0.0278. The lowest BCUT2D eigenvalue weighted by atomic mass is 10.1. The van der Waals surface area contributed by atoms with E-state index in [4.69, 9.17) is 0 Å². The van der Waals surface area contributed by atoms with Gasteiger partial charge in [-0.05, 0) is 23.8 Å². The average molecular weight is 353 g/mol. The van der Waals surface area contributed by atoms with E-state index in [9.17, 15) is 24.5 Å². The lowest BCUT2D eigenvalue weighted by Gasteiger charge is -2.15. The van der Waals surface area contributed by atoms with E-state index in [1.807, 2.05) is 0 Å². The second kappa shape index (κ2) is 6.40. The maximum Gasteiger partial charge on any atom is 0.282 e. The number of carbonyl (C=O) groups excluding carboxylic acids is 3. The van der Waals surface area contributed by atoms with Gasteiger partial charge in [0.25, 0.3) is 23.4 Å². The molecule has 0 aliphatic carbocycles. The number of hydrogen-bond donors (Lipinski definition) is 0. The molecule has 3 rings (SSSR count). The summed E-state index contributed by atoms with van der Waals surface area (Å²) in [6.07, 6.45) is 0. The summed E-state index contributed by atoms with van der Waals surface area (Å²) < 4.78 is 0. The van der Waals surface area contributed by atoms with E-state index in [1.54, 1.807) is 38.4 Å². The summed E-state index contributed by atoms with van der Waals surface area (Å²) in [7, 11) is 3.28. The zero-order valence-electron chi connectivity index (χ0n) is 14.1. The number of rotatable bonds is 4. The van der Waals surface area contributed by atoms with Gasteiger partial charge in [0.2, 0.25) is 0 Å². The van der Waals surface area contributed by atoms with E-state index in [1.165, 1.54) is 23.1 Å². The fourth-order valence-electron chi connectivity index (χ4n) is 2.80. The van der Waals surface area contributed by atoms with E-state index >= 15 is 0 Å². The highest BCUT2D eigenvalue weighted by molar-refractivity contribution is 6.23. The molecule has 0 unspecified atom stereocenters. The molecule has 8 nitrogen and oxygen atoms in total. The van der Waals surface area contributed by atoms with Gasteiger partial charge in [0.15, 0.2) is 0 Å². The van der Waals surface area contributed by atoms with Crippen molar-refractivity contribution < 1.29 is 19.3 Å². The number of amides is 3. The summed E-state index contributed by atoms with van der Waals surface area (Å²) in [5, 5.41) is 11.1. The van der Waals surface area contributed by atoms with Gasteiger partial charge in [-0.3, -0.25) is 29.4 Å². The van der Waals surface area contributed by atoms with Crippen LogP contribution in [0.4, 0.5) is 5.69 Å². The third-order valence-corrected chi connectivity index (χ3v) is 4.12. The number of benzene rings is 2. The molecule has 2 aromatic rings. The quantitative estimate of drug-likeness (QED) is 0.476. The van der Waals surface area contributed by atoms with Gasteiger partial charge in [0, 0.05) is 25.7 Å². The van der Waals surface area contributed by atoms with E-state index in [-0.39, 0.29) is 29.3 Å². The number of fused-ring (bicyclic) bond motifs is 1. The molecule has 0 aromatic heterocycles. The van der Waals surface area contributed by atoms with Crippen molar-refractivity contribution in [2.75, 3.05) is 14.1 Å². The predicted molar refractivity (Wildman–Crippen MR) is 91.8 cm³/mol. The highest BCUT2D eigenvalue weighted by atomic mass is 16.6. The summed E-state index contributed by atoms with van der Waals surface area (Å²) >= 11 is 0. The van der Waals surface area contributed by atoms with E-state index in [2.05, 4.69) is 0 Å². The smallest absolute Gasteiger partial charge is 0.282 e. The van der Waals surface area contributed by atoms with Crippen LogP contribution < -0.4 is 0 Å². The average Bonchev–Trinajstić information content (AvgIpc) is 2.86. The Morgan fingerprint density at radius 1 is 1.08 bits per heavy atom. The lowest BCUT2D eigenvalue weighted by molar-refractivity contribution is -0.385. The maximum atomic E-state index is 12.5. The molecule has 132 valence electrons. The Balaban J connectivity index is 1.87. The molecule has 0 saturated carbocycles. The first-order chi connectivity index (χ1) is 12.3. The van der Waals surface area contributed by atoms with E-state index in [0.717, 1.165) is 4.90 Å². The van der Waals surface area contributed by atoms with Crippen LogP contribution in [0.15, 0.2) is 42.5 Å². The first-order valence-corrected chi connectivity index (χ1v) is 7.75. The van der Waals surface area contributed by atoms with Crippen LogP contribution >= 0.6 is 0 Å². The molecule has 0 fully saturated rings. The molecule has 3 amide bonds. The summed E-state index contributed by atoms with van der Waals surface area (Å²) in [6, 6.07) is 10.5. The molecule has 0 bridgehead atoms. The molecule has 2 aromatic carbocycles. The highest BCUT2D eigenvalue weighted by Crippen LogP contribution is 2.31. The first kappa shape index (κ1) is 17.3. The van der Waals surface area contributed by atoms with Crippen molar-refractivity contribution in [1.29, 1.82) is 0 Å². The molecular weight excluding hydrogens is 338 g/mol. The third kappa shape index (κ3) is 2.81. The van der Waals surface area contributed by atoms with Crippen molar-refractivity contribution in [3.63, 3.8) is 0 Å². The molecule has 8 heteroatoms. The van der Waals surface area contributed by atoms with Gasteiger partial charge < -0.3 is 4.90 Å². The molecule has 1 heterocycles. The van der Waals surface area contributed by atoms with Gasteiger partial charge in [-0.2, -0.15) is 0 Å². The van der Waals surface area contributed by atoms with Crippen molar-refractivity contribution in [2.24, 2.45) is 0 Å². The fourth-order valence-corrected chi connectivity index (χ4v) is 2.80. The minimum atomic E-state index is -0.689. The maximum absolute atomic E-state index is 12.5. The van der Waals surface area contributed by atoms with Crippen LogP contribution in [0.3, 0.4) is 0 Å². The standard InChI is InChI=1S/C18H15N3O5/c1-19(2)16(22)12-8-6-11(7-9-12)10-20-17(23)13-4-3-5-14(21(25)26)15(13)18(20)24/h3-9H,10H2,1-2H3. The van der Waals surface area contributed by atoms with Gasteiger partial charge >= 0.3 is 0 Å². The summed E-state index contributed by atoms with van der Waals surface area (Å²) in [4.78, 5) is 49.8. The van der Waals surface area contributed by atoms with Crippen molar-refractivity contribution >= 4 is 23.4 Å². The topological polar surface area (TPSA) is 101 Å². The molecule has 0 atom stereocenters. The number of nitro groups is 1. The summed E-state index contributed by atoms with van der Waals surface area (Å²) in [5.74, 6) is -1.42. The first-order valence-electron chi connectivity index (χ1n) is 7.75. The Morgan fingerprint density at radius 2 is 1.73 bits per heavy atom. The molecule has 26 heavy (non-hydrogen) atoms. The zero-order valence-corrected chi connectivity index (χ0v) is 14.1. The van der Waals surface area contributed by atoms with Gasteiger partial charge in [-0.1, -0.05) is 18.2 Å². The molecule has 0 N–H and O–H groups in total. The molecule has 0 spiro atoms. The van der Waals surface area contributed by atoms with Crippen LogP contribution in [0, 0.1) is 10.1 Å². The SMILES string of the molecule is CN(C)C(=O)c1ccc(CN2C(=O)c3cccc([N+](=O)[O-])c3C2=O)cc1. The molecule has 0 radical (unpaired) electrons. The van der Waals surface area contributed by atoms with E-state index in [0.29, 0.717) is 11.1 Å². The van der Waals surface area contributed by atoms with Gasteiger partial charge in [0.05, 0.1) is 17.0 Å². The third-order valence-electron chi connectivity index (χ3n) is 4.12. The number of hydrogen-bond acceptors (Lipinski definition) is 5. The van der Waals surface area contributed by atoms with Crippen LogP contribution in [0.2, 0.25) is 0 Å². The van der Waals surface area contributed by atoms with Gasteiger partial charge in [0.1, 0.15) is 5.56 Å². The number of imide groups is 1. The van der Waals surface area contributed by atoms with Crippen molar-refractivity contribution in [1.82, 2.24) is 9.80 Å². The molecule has 1 aliphatic heterocycles. The van der Waals surface area contributed by atoms with Gasteiger partial charge in [-0.15, -0.1) is 0 Å². The monoisotopic (exact) mass is 353 g/mol. The van der Waals surface area contributed by atoms with Crippen molar-refractivity contribution in [3.05, 3.63) is 74.8 Å². The zero-order chi connectivity index (χ0) is 19.0. The molecule has 1 aliphatic rings. The molecule has 0 saturated heterocycles. The number of carbonyl (C=O) groups is 3. The Bertz CT molecular complexity index is 934. The van der Waals surface area contributed by atoms with Crippen LogP contribution in [-0.4, -0.2) is 46.5 Å². The lowest BCUT2D eigenvalue weighted by Crippen LogP contribution is -2.29. The Labute approximate surface area is 148 Å². The van der Waals surface area contributed by atoms with E-state index < -0.39 is 16.7 Å². The second-order valence-electron chi connectivity index (χ2n) is 6.05. The van der Waals surface area contributed by atoms with Gasteiger partial charge in [-0.25, -0.2) is 0 Å². The van der Waals surface area contributed by atoms with Crippen LogP contribution in [-0.2, 0) is 6.54 Å². The Kier molecular flexibility index (Phi) is 4.25. The predicted octanol–water partition coefficient (Wildman–Crippen LogP) is 2.09. The normalized spacial score (nSPS) is 12.9. The summed E-state index contributed by atoms with van der Waals surface area (Å²) in [5.41, 5.74) is 0.593. The highest BCUT2D eigenvalue weighted by Gasteiger charge is 2.40. The number of nitrogens with zero attached hydrogens (tertiary/aromatic N) is 3.